The minimum Gasteiger partial charge on any atom is -0.340 e. The first kappa shape index (κ1) is 22.1. The second-order valence-electron chi connectivity index (χ2n) is 5.48. The fourth-order valence-electron chi connectivity index (χ4n) is 2.57. The predicted octanol–water partition coefficient (Wildman–Crippen LogP) is 1.43. The van der Waals surface area contributed by atoms with Crippen molar-refractivity contribution in [3.63, 3.8) is 0 Å². The van der Waals surface area contributed by atoms with E-state index in [1.54, 1.807) is 0 Å². The minimum absolute atomic E-state index is 0. The number of nitrogens with zero attached hydrogens (tertiary/aromatic N) is 4. The Morgan fingerprint density at radius 3 is 2.48 bits per heavy atom. The lowest BCUT2D eigenvalue weighted by molar-refractivity contribution is -0.133. The normalized spacial score (nSPS) is 16.4. The number of aryl methyl sites for hydroxylation is 1. The van der Waals surface area contributed by atoms with Gasteiger partial charge in [0.1, 0.15) is 0 Å². The maximum atomic E-state index is 12.1. The maximum absolute atomic E-state index is 12.1. The fraction of sp³-hybridized carbons (Fsp3) is 0.786. The Morgan fingerprint density at radius 2 is 1.96 bits per heavy atom. The van der Waals surface area contributed by atoms with E-state index in [0.29, 0.717) is 18.1 Å². The smallest absolute Gasteiger partial charge is 0.243 e. The summed E-state index contributed by atoms with van der Waals surface area (Å²) in [6.07, 6.45) is 1.52. The first-order chi connectivity index (χ1) is 10.1. The predicted molar refractivity (Wildman–Crippen MR) is 93.3 cm³/mol. The SMILES string of the molecule is CNCCCC(=O)N1CCN(C(C)c2nc(C)no2)CC1.Cl.Cl. The van der Waals surface area contributed by atoms with Gasteiger partial charge < -0.3 is 14.7 Å². The third-order valence-electron chi connectivity index (χ3n) is 3.93. The highest BCUT2D eigenvalue weighted by atomic mass is 35.5. The Bertz CT molecular complexity index is 464. The number of halogens is 2. The third kappa shape index (κ3) is 6.25. The first-order valence-electron chi connectivity index (χ1n) is 7.58. The summed E-state index contributed by atoms with van der Waals surface area (Å²) in [5.74, 6) is 1.57. The Hall–Kier alpha value is -0.890. The molecule has 1 saturated heterocycles. The summed E-state index contributed by atoms with van der Waals surface area (Å²) in [5.41, 5.74) is 0. The van der Waals surface area contributed by atoms with E-state index >= 15 is 0 Å². The molecule has 1 aliphatic rings. The highest BCUT2D eigenvalue weighted by Crippen LogP contribution is 2.20. The molecule has 2 heterocycles. The van der Waals surface area contributed by atoms with Crippen molar-refractivity contribution >= 4 is 30.7 Å². The van der Waals surface area contributed by atoms with E-state index < -0.39 is 0 Å². The summed E-state index contributed by atoms with van der Waals surface area (Å²) in [6, 6.07) is 0.104. The van der Waals surface area contributed by atoms with Crippen molar-refractivity contribution in [2.45, 2.75) is 32.7 Å². The molecular weight excluding hydrogens is 341 g/mol. The number of hydrogen-bond acceptors (Lipinski definition) is 6. The molecule has 0 spiro atoms. The monoisotopic (exact) mass is 367 g/mol. The van der Waals surface area contributed by atoms with Crippen LogP contribution in [0.2, 0.25) is 0 Å². The van der Waals surface area contributed by atoms with Gasteiger partial charge in [0.25, 0.3) is 0 Å². The summed E-state index contributed by atoms with van der Waals surface area (Å²) < 4.78 is 5.23. The van der Waals surface area contributed by atoms with Crippen LogP contribution in [0.15, 0.2) is 4.52 Å². The molecule has 0 aromatic carbocycles. The molecule has 0 radical (unpaired) electrons. The summed E-state index contributed by atoms with van der Waals surface area (Å²) >= 11 is 0. The molecular formula is C14H27Cl2N5O2. The Balaban J connectivity index is 0.00000242. The lowest BCUT2D eigenvalue weighted by Crippen LogP contribution is -2.49. The van der Waals surface area contributed by atoms with Crippen LogP contribution in [0.25, 0.3) is 0 Å². The minimum atomic E-state index is 0. The second-order valence-corrected chi connectivity index (χ2v) is 5.48. The van der Waals surface area contributed by atoms with Gasteiger partial charge in [-0.1, -0.05) is 5.16 Å². The molecule has 1 unspecified atom stereocenters. The van der Waals surface area contributed by atoms with Crippen molar-refractivity contribution in [1.82, 2.24) is 25.3 Å². The summed E-state index contributed by atoms with van der Waals surface area (Å²) in [4.78, 5) is 20.6. The van der Waals surface area contributed by atoms with E-state index in [1.807, 2.05) is 18.9 Å². The van der Waals surface area contributed by atoms with E-state index in [2.05, 4.69) is 27.3 Å². The standard InChI is InChI=1S/C14H25N5O2.2ClH/c1-11(14-16-12(2)17-21-14)18-7-9-19(10-8-18)13(20)5-4-6-15-3;;/h11,15H,4-10H2,1-3H3;2*1H. The Kier molecular flexibility index (Phi) is 10.4. The van der Waals surface area contributed by atoms with Gasteiger partial charge in [-0.15, -0.1) is 24.8 Å². The quantitative estimate of drug-likeness (QED) is 0.766. The number of rotatable bonds is 6. The lowest BCUT2D eigenvalue weighted by Gasteiger charge is -2.36. The van der Waals surface area contributed by atoms with Crippen LogP contribution < -0.4 is 5.32 Å². The number of hydrogen-bond donors (Lipinski definition) is 1. The average molecular weight is 368 g/mol. The first-order valence-corrected chi connectivity index (χ1v) is 7.58. The molecule has 2 rings (SSSR count). The van der Waals surface area contributed by atoms with Crippen molar-refractivity contribution in [2.24, 2.45) is 0 Å². The van der Waals surface area contributed by atoms with E-state index in [9.17, 15) is 4.79 Å². The fourth-order valence-corrected chi connectivity index (χ4v) is 2.57. The molecule has 0 bridgehead atoms. The van der Waals surface area contributed by atoms with Crippen molar-refractivity contribution in [1.29, 1.82) is 0 Å². The second kappa shape index (κ2) is 10.8. The van der Waals surface area contributed by atoms with Crippen LogP contribution in [-0.4, -0.2) is 65.6 Å². The number of carbonyl (C=O) groups excluding carboxylic acids is 1. The van der Waals surface area contributed by atoms with Gasteiger partial charge in [-0.3, -0.25) is 9.69 Å². The number of carbonyl (C=O) groups is 1. The van der Waals surface area contributed by atoms with Crippen molar-refractivity contribution in [2.75, 3.05) is 39.8 Å². The van der Waals surface area contributed by atoms with E-state index in [1.165, 1.54) is 0 Å². The molecule has 1 aromatic rings. The van der Waals surface area contributed by atoms with Gasteiger partial charge in [0.2, 0.25) is 11.8 Å². The average Bonchev–Trinajstić information content (AvgIpc) is 2.93. The van der Waals surface area contributed by atoms with Gasteiger partial charge in [-0.25, -0.2) is 0 Å². The highest BCUT2D eigenvalue weighted by molar-refractivity contribution is 5.85. The molecule has 7 nitrogen and oxygen atoms in total. The van der Waals surface area contributed by atoms with Crippen LogP contribution in [0.5, 0.6) is 0 Å². The van der Waals surface area contributed by atoms with Crippen molar-refractivity contribution < 1.29 is 9.32 Å². The van der Waals surface area contributed by atoms with Crippen LogP contribution in [0.3, 0.4) is 0 Å². The molecule has 1 fully saturated rings. The van der Waals surface area contributed by atoms with Crippen LogP contribution in [-0.2, 0) is 4.79 Å². The summed E-state index contributed by atoms with van der Waals surface area (Å²) in [7, 11) is 1.91. The van der Waals surface area contributed by atoms with E-state index in [0.717, 1.165) is 39.1 Å². The van der Waals surface area contributed by atoms with Crippen LogP contribution in [0, 0.1) is 6.92 Å². The van der Waals surface area contributed by atoms with Crippen molar-refractivity contribution in [3.05, 3.63) is 11.7 Å². The van der Waals surface area contributed by atoms with E-state index in [4.69, 9.17) is 4.52 Å². The number of aromatic nitrogens is 2. The summed E-state index contributed by atoms with van der Waals surface area (Å²) in [5, 5.41) is 6.90. The molecule has 1 aromatic heterocycles. The van der Waals surface area contributed by atoms with Gasteiger partial charge >= 0.3 is 0 Å². The molecule has 1 aliphatic heterocycles. The molecule has 1 N–H and O–H groups in total. The zero-order chi connectivity index (χ0) is 15.2. The Morgan fingerprint density at radius 1 is 1.30 bits per heavy atom. The molecule has 9 heteroatoms. The van der Waals surface area contributed by atoms with Gasteiger partial charge in [-0.05, 0) is 33.9 Å². The zero-order valence-electron chi connectivity index (χ0n) is 13.9. The molecule has 1 amide bonds. The van der Waals surface area contributed by atoms with Crippen molar-refractivity contribution in [3.8, 4) is 0 Å². The largest absolute Gasteiger partial charge is 0.340 e. The van der Waals surface area contributed by atoms with Gasteiger partial charge in [0.15, 0.2) is 5.82 Å². The number of amides is 1. The van der Waals surface area contributed by atoms with Gasteiger partial charge in [0, 0.05) is 32.6 Å². The van der Waals surface area contributed by atoms with Crippen LogP contribution in [0.4, 0.5) is 0 Å². The maximum Gasteiger partial charge on any atom is 0.243 e. The topological polar surface area (TPSA) is 74.5 Å². The third-order valence-corrected chi connectivity index (χ3v) is 3.93. The van der Waals surface area contributed by atoms with Gasteiger partial charge in [-0.2, -0.15) is 4.98 Å². The van der Waals surface area contributed by atoms with Crippen LogP contribution in [0.1, 0.15) is 37.5 Å². The molecule has 0 saturated carbocycles. The molecule has 0 aliphatic carbocycles. The van der Waals surface area contributed by atoms with Crippen LogP contribution >= 0.6 is 24.8 Å². The summed E-state index contributed by atoms with van der Waals surface area (Å²) in [6.45, 7) is 8.02. The highest BCUT2D eigenvalue weighted by Gasteiger charge is 2.26. The zero-order valence-corrected chi connectivity index (χ0v) is 15.6. The molecule has 23 heavy (non-hydrogen) atoms. The molecule has 134 valence electrons. The number of piperazine rings is 1. The van der Waals surface area contributed by atoms with Gasteiger partial charge in [0.05, 0.1) is 6.04 Å². The Labute approximate surface area is 150 Å². The number of nitrogens with one attached hydrogen (secondary N) is 1. The molecule has 1 atom stereocenters. The van der Waals surface area contributed by atoms with E-state index in [-0.39, 0.29) is 36.8 Å². The lowest BCUT2D eigenvalue weighted by atomic mass is 10.2.